The second-order valence-corrected chi connectivity index (χ2v) is 4.30. The maximum absolute atomic E-state index is 13.6. The summed E-state index contributed by atoms with van der Waals surface area (Å²) in [6, 6.07) is 4.73. The van der Waals surface area contributed by atoms with E-state index in [1.54, 1.807) is 0 Å². The average Bonchev–Trinajstić information content (AvgIpc) is 2.42. The molecule has 1 rings (SSSR count). The van der Waals surface area contributed by atoms with Gasteiger partial charge in [-0.1, -0.05) is 18.2 Å². The average molecular weight is 307 g/mol. The van der Waals surface area contributed by atoms with Crippen molar-refractivity contribution in [2.24, 2.45) is 0 Å². The van der Waals surface area contributed by atoms with Gasteiger partial charge in [-0.3, -0.25) is 4.79 Å². The van der Waals surface area contributed by atoms with E-state index in [2.05, 4.69) is 4.74 Å². The highest BCUT2D eigenvalue weighted by Gasteiger charge is 2.33. The van der Waals surface area contributed by atoms with Crippen molar-refractivity contribution in [2.45, 2.75) is 19.1 Å². The lowest BCUT2D eigenvalue weighted by Gasteiger charge is -2.24. The van der Waals surface area contributed by atoms with E-state index in [1.807, 2.05) is 0 Å². The van der Waals surface area contributed by atoms with Crippen LogP contribution in [0.1, 0.15) is 18.5 Å². The van der Waals surface area contributed by atoms with Crippen molar-refractivity contribution in [2.75, 3.05) is 13.7 Å². The fourth-order valence-electron chi connectivity index (χ4n) is 1.55. The number of amides is 1. The SMILES string of the molecule is CC(c1ccccc1F)N(C)C(=O)C(=O)OCC(F)(F)F. The van der Waals surface area contributed by atoms with Crippen molar-refractivity contribution in [3.63, 3.8) is 0 Å². The molecule has 1 amide bonds. The number of ether oxygens (including phenoxy) is 1. The van der Waals surface area contributed by atoms with Gasteiger partial charge in [-0.2, -0.15) is 13.2 Å². The van der Waals surface area contributed by atoms with E-state index in [4.69, 9.17) is 0 Å². The van der Waals surface area contributed by atoms with Crippen LogP contribution >= 0.6 is 0 Å². The maximum atomic E-state index is 13.6. The molecule has 1 atom stereocenters. The molecule has 1 aromatic rings. The highest BCUT2D eigenvalue weighted by molar-refractivity contribution is 6.32. The fourth-order valence-corrected chi connectivity index (χ4v) is 1.55. The minimum atomic E-state index is -4.72. The quantitative estimate of drug-likeness (QED) is 0.489. The lowest BCUT2D eigenvalue weighted by atomic mass is 10.1. The molecule has 0 aliphatic rings. The minimum Gasteiger partial charge on any atom is -0.449 e. The normalized spacial score (nSPS) is 12.7. The molecule has 8 heteroatoms. The van der Waals surface area contributed by atoms with E-state index in [9.17, 15) is 27.2 Å². The lowest BCUT2D eigenvalue weighted by molar-refractivity contribution is -0.189. The predicted octanol–water partition coefficient (Wildman–Crippen LogP) is 2.45. The van der Waals surface area contributed by atoms with Gasteiger partial charge in [-0.05, 0) is 13.0 Å². The number of esters is 1. The van der Waals surface area contributed by atoms with Crippen LogP contribution in [0, 0.1) is 5.82 Å². The number of benzene rings is 1. The Kier molecular flexibility index (Phi) is 5.28. The van der Waals surface area contributed by atoms with E-state index in [0.717, 1.165) is 4.90 Å². The summed E-state index contributed by atoms with van der Waals surface area (Å²) in [5.41, 5.74) is 0.136. The molecule has 0 saturated carbocycles. The number of carbonyl (C=O) groups is 2. The second-order valence-electron chi connectivity index (χ2n) is 4.30. The van der Waals surface area contributed by atoms with Gasteiger partial charge in [0, 0.05) is 12.6 Å². The molecule has 0 heterocycles. The lowest BCUT2D eigenvalue weighted by Crippen LogP contribution is -2.38. The van der Waals surface area contributed by atoms with Crippen molar-refractivity contribution in [1.82, 2.24) is 4.90 Å². The number of likely N-dealkylation sites (N-methyl/N-ethyl adjacent to an activating group) is 1. The number of alkyl halides is 3. The summed E-state index contributed by atoms with van der Waals surface area (Å²) in [6.07, 6.45) is -4.72. The molecule has 0 N–H and O–H groups in total. The predicted molar refractivity (Wildman–Crippen MR) is 64.6 cm³/mol. The zero-order chi connectivity index (χ0) is 16.2. The molecular formula is C13H13F4NO3. The third-order valence-electron chi connectivity index (χ3n) is 2.80. The van der Waals surface area contributed by atoms with Gasteiger partial charge < -0.3 is 9.64 Å². The summed E-state index contributed by atoms with van der Waals surface area (Å²) in [7, 11) is 1.17. The van der Waals surface area contributed by atoms with Gasteiger partial charge in [0.25, 0.3) is 0 Å². The van der Waals surface area contributed by atoms with Crippen LogP contribution in [0.15, 0.2) is 24.3 Å². The van der Waals surface area contributed by atoms with Crippen LogP contribution in [-0.4, -0.2) is 36.6 Å². The molecule has 0 bridgehead atoms. The molecule has 0 aliphatic heterocycles. The monoisotopic (exact) mass is 307 g/mol. The first-order valence-electron chi connectivity index (χ1n) is 5.88. The van der Waals surface area contributed by atoms with Gasteiger partial charge >= 0.3 is 18.1 Å². The zero-order valence-corrected chi connectivity index (χ0v) is 11.3. The summed E-state index contributed by atoms with van der Waals surface area (Å²) in [5.74, 6) is -3.51. The standard InChI is InChI=1S/C13H13F4NO3/c1-8(9-5-3-4-6-10(9)14)18(2)11(19)12(20)21-7-13(15,16)17/h3-6,8H,7H2,1-2H3. The highest BCUT2D eigenvalue weighted by Crippen LogP contribution is 2.22. The molecule has 1 aromatic carbocycles. The van der Waals surface area contributed by atoms with Crippen molar-refractivity contribution >= 4 is 11.9 Å². The van der Waals surface area contributed by atoms with E-state index in [-0.39, 0.29) is 5.56 Å². The van der Waals surface area contributed by atoms with Crippen molar-refractivity contribution in [3.8, 4) is 0 Å². The van der Waals surface area contributed by atoms with Crippen molar-refractivity contribution in [3.05, 3.63) is 35.6 Å². The molecule has 21 heavy (non-hydrogen) atoms. The molecule has 0 aliphatic carbocycles. The molecule has 0 saturated heterocycles. The van der Waals surface area contributed by atoms with Crippen molar-refractivity contribution < 1.29 is 31.9 Å². The molecular weight excluding hydrogens is 294 g/mol. The Morgan fingerprint density at radius 3 is 2.38 bits per heavy atom. The Hall–Kier alpha value is -2.12. The smallest absolute Gasteiger partial charge is 0.422 e. The largest absolute Gasteiger partial charge is 0.449 e. The molecule has 0 radical (unpaired) electrons. The van der Waals surface area contributed by atoms with Gasteiger partial charge in [0.2, 0.25) is 0 Å². The number of halogens is 4. The second kappa shape index (κ2) is 6.55. The Labute approximate surface area is 118 Å². The van der Waals surface area contributed by atoms with Crippen LogP contribution in [0.3, 0.4) is 0 Å². The van der Waals surface area contributed by atoms with E-state index >= 15 is 0 Å². The Balaban J connectivity index is 2.74. The van der Waals surface area contributed by atoms with Crippen LogP contribution in [-0.2, 0) is 14.3 Å². The molecule has 4 nitrogen and oxygen atoms in total. The summed E-state index contributed by atoms with van der Waals surface area (Å²) in [5, 5.41) is 0. The van der Waals surface area contributed by atoms with Gasteiger partial charge in [0.1, 0.15) is 5.82 Å². The topological polar surface area (TPSA) is 46.6 Å². The molecule has 0 aromatic heterocycles. The Bertz CT molecular complexity index is 530. The number of nitrogens with zero attached hydrogens (tertiary/aromatic N) is 1. The third-order valence-corrected chi connectivity index (χ3v) is 2.80. The number of hydrogen-bond acceptors (Lipinski definition) is 3. The third kappa shape index (κ3) is 4.73. The molecule has 0 spiro atoms. The molecule has 0 fully saturated rings. The summed E-state index contributed by atoms with van der Waals surface area (Å²) >= 11 is 0. The molecule has 116 valence electrons. The van der Waals surface area contributed by atoms with Gasteiger partial charge in [0.15, 0.2) is 6.61 Å². The maximum Gasteiger partial charge on any atom is 0.422 e. The molecule has 1 unspecified atom stereocenters. The Morgan fingerprint density at radius 2 is 1.86 bits per heavy atom. The summed E-state index contributed by atoms with van der Waals surface area (Å²) in [4.78, 5) is 23.7. The van der Waals surface area contributed by atoms with Gasteiger partial charge in [-0.15, -0.1) is 0 Å². The van der Waals surface area contributed by atoms with E-state index < -0.39 is 36.5 Å². The van der Waals surface area contributed by atoms with Crippen LogP contribution in [0.4, 0.5) is 17.6 Å². The number of hydrogen-bond donors (Lipinski definition) is 0. The summed E-state index contributed by atoms with van der Waals surface area (Å²) < 4.78 is 53.1. The van der Waals surface area contributed by atoms with Crippen molar-refractivity contribution in [1.29, 1.82) is 0 Å². The first-order chi connectivity index (χ1) is 9.63. The fraction of sp³-hybridized carbons (Fsp3) is 0.385. The van der Waals surface area contributed by atoms with Gasteiger partial charge in [-0.25, -0.2) is 9.18 Å². The summed E-state index contributed by atoms with van der Waals surface area (Å²) in [6.45, 7) is -0.410. The minimum absolute atomic E-state index is 0.136. The van der Waals surface area contributed by atoms with Crippen LogP contribution in [0.5, 0.6) is 0 Å². The first kappa shape index (κ1) is 16.9. The number of carbonyl (C=O) groups excluding carboxylic acids is 2. The van der Waals surface area contributed by atoms with Crippen LogP contribution in [0.2, 0.25) is 0 Å². The van der Waals surface area contributed by atoms with Crippen LogP contribution < -0.4 is 0 Å². The van der Waals surface area contributed by atoms with E-state index in [1.165, 1.54) is 38.2 Å². The Morgan fingerprint density at radius 1 is 1.29 bits per heavy atom. The zero-order valence-electron chi connectivity index (χ0n) is 11.3. The number of rotatable bonds is 3. The van der Waals surface area contributed by atoms with E-state index in [0.29, 0.717) is 0 Å². The first-order valence-corrected chi connectivity index (χ1v) is 5.88. The highest BCUT2D eigenvalue weighted by atomic mass is 19.4. The van der Waals surface area contributed by atoms with Crippen LogP contribution in [0.25, 0.3) is 0 Å². The van der Waals surface area contributed by atoms with Gasteiger partial charge in [0.05, 0.1) is 6.04 Å².